The first-order valence-corrected chi connectivity index (χ1v) is 8.12. The van der Waals surface area contributed by atoms with E-state index in [0.29, 0.717) is 18.9 Å². The van der Waals surface area contributed by atoms with Crippen LogP contribution in [0.25, 0.3) is 0 Å². The first-order chi connectivity index (χ1) is 11.9. The van der Waals surface area contributed by atoms with Gasteiger partial charge in [-0.2, -0.15) is 13.2 Å². The van der Waals surface area contributed by atoms with Gasteiger partial charge in [-0.3, -0.25) is 0 Å². The highest BCUT2D eigenvalue weighted by atomic mass is 19.4. The summed E-state index contributed by atoms with van der Waals surface area (Å²) in [5.74, 6) is 0.414. The first-order valence-electron chi connectivity index (χ1n) is 8.12. The van der Waals surface area contributed by atoms with Crippen LogP contribution < -0.4 is 14.8 Å². The molecule has 6 heteroatoms. The molecule has 0 saturated heterocycles. The van der Waals surface area contributed by atoms with E-state index < -0.39 is 12.8 Å². The summed E-state index contributed by atoms with van der Waals surface area (Å²) in [5, 5.41) is 3.38. The zero-order valence-electron chi connectivity index (χ0n) is 14.3. The monoisotopic (exact) mass is 353 g/mol. The summed E-state index contributed by atoms with van der Waals surface area (Å²) < 4.78 is 47.2. The quantitative estimate of drug-likeness (QED) is 0.734. The number of alkyl halides is 3. The van der Waals surface area contributed by atoms with Gasteiger partial charge in [-0.15, -0.1) is 0 Å². The smallest absolute Gasteiger partial charge is 0.422 e. The summed E-state index contributed by atoms with van der Waals surface area (Å²) in [6.07, 6.45) is -4.38. The Labute approximate surface area is 145 Å². The molecule has 0 aliphatic rings. The van der Waals surface area contributed by atoms with Gasteiger partial charge < -0.3 is 14.8 Å². The molecule has 0 saturated carbocycles. The molecule has 0 heterocycles. The van der Waals surface area contributed by atoms with E-state index in [1.54, 1.807) is 19.1 Å². The van der Waals surface area contributed by atoms with Crippen molar-refractivity contribution in [2.45, 2.75) is 32.6 Å². The fourth-order valence-corrected chi connectivity index (χ4v) is 2.34. The lowest BCUT2D eigenvalue weighted by Gasteiger charge is -2.17. The zero-order chi connectivity index (χ0) is 18.3. The van der Waals surface area contributed by atoms with Crippen LogP contribution in [0.3, 0.4) is 0 Å². The lowest BCUT2D eigenvalue weighted by atomic mass is 10.1. The molecule has 25 heavy (non-hydrogen) atoms. The van der Waals surface area contributed by atoms with Crippen molar-refractivity contribution in [2.75, 3.05) is 13.2 Å². The molecule has 0 bridgehead atoms. The Morgan fingerprint density at radius 3 is 2.36 bits per heavy atom. The molecule has 0 radical (unpaired) electrons. The van der Waals surface area contributed by atoms with Crippen LogP contribution in [-0.4, -0.2) is 19.4 Å². The van der Waals surface area contributed by atoms with Gasteiger partial charge in [0.05, 0.1) is 6.61 Å². The van der Waals surface area contributed by atoms with Gasteiger partial charge in [0.15, 0.2) is 18.1 Å². The Morgan fingerprint density at radius 2 is 1.72 bits per heavy atom. The minimum Gasteiger partial charge on any atom is -0.490 e. The maximum absolute atomic E-state index is 12.3. The molecule has 2 rings (SSSR count). The van der Waals surface area contributed by atoms with Crippen LogP contribution in [0.1, 0.15) is 31.0 Å². The predicted molar refractivity (Wildman–Crippen MR) is 90.9 cm³/mol. The molecular formula is C19H22F3NO2. The summed E-state index contributed by atoms with van der Waals surface area (Å²) in [4.78, 5) is 0. The summed E-state index contributed by atoms with van der Waals surface area (Å²) in [6.45, 7) is 3.40. The van der Waals surface area contributed by atoms with Gasteiger partial charge in [-0.05, 0) is 37.1 Å². The molecule has 0 aliphatic carbocycles. The Morgan fingerprint density at radius 1 is 1.00 bits per heavy atom. The molecule has 0 aromatic heterocycles. The lowest BCUT2D eigenvalue weighted by Crippen LogP contribution is -2.20. The van der Waals surface area contributed by atoms with Crippen LogP contribution in [-0.2, 0) is 6.54 Å². The topological polar surface area (TPSA) is 30.5 Å². The Kier molecular flexibility index (Phi) is 6.70. The van der Waals surface area contributed by atoms with E-state index in [4.69, 9.17) is 9.47 Å². The highest BCUT2D eigenvalue weighted by Gasteiger charge is 2.29. The summed E-state index contributed by atoms with van der Waals surface area (Å²) in [5.41, 5.74) is 2.07. The maximum atomic E-state index is 12.3. The van der Waals surface area contributed by atoms with Crippen molar-refractivity contribution in [2.24, 2.45) is 0 Å². The van der Waals surface area contributed by atoms with E-state index in [1.165, 1.54) is 6.07 Å². The SMILES string of the molecule is CCOc1cc(CNC(C)c2ccccc2)ccc1OCC(F)(F)F. The molecular weight excluding hydrogens is 331 g/mol. The molecule has 1 atom stereocenters. The van der Waals surface area contributed by atoms with Crippen LogP contribution in [0, 0.1) is 0 Å². The van der Waals surface area contributed by atoms with Gasteiger partial charge in [0, 0.05) is 12.6 Å². The average molecular weight is 353 g/mol. The van der Waals surface area contributed by atoms with E-state index in [1.807, 2.05) is 30.3 Å². The third kappa shape index (κ3) is 6.31. The van der Waals surface area contributed by atoms with E-state index in [9.17, 15) is 13.2 Å². The minimum absolute atomic E-state index is 0.0963. The number of hydrogen-bond acceptors (Lipinski definition) is 3. The Hall–Kier alpha value is -2.21. The Bertz CT molecular complexity index is 659. The van der Waals surface area contributed by atoms with Crippen molar-refractivity contribution in [3.63, 3.8) is 0 Å². The molecule has 0 amide bonds. The normalized spacial score (nSPS) is 12.7. The standard InChI is InChI=1S/C19H22F3NO2/c1-3-24-18-11-15(9-10-17(18)25-13-19(20,21)22)12-23-14(2)16-7-5-4-6-8-16/h4-11,14,23H,3,12-13H2,1-2H3. The fourth-order valence-electron chi connectivity index (χ4n) is 2.34. The maximum Gasteiger partial charge on any atom is 0.422 e. The second-order valence-electron chi connectivity index (χ2n) is 5.63. The van der Waals surface area contributed by atoms with E-state index in [0.717, 1.165) is 11.1 Å². The number of nitrogens with one attached hydrogen (secondary N) is 1. The van der Waals surface area contributed by atoms with Gasteiger partial charge in [-0.25, -0.2) is 0 Å². The number of hydrogen-bond donors (Lipinski definition) is 1. The molecule has 0 spiro atoms. The van der Waals surface area contributed by atoms with Crippen molar-refractivity contribution in [1.29, 1.82) is 0 Å². The first kappa shape index (κ1) is 19.1. The summed E-state index contributed by atoms with van der Waals surface area (Å²) >= 11 is 0. The van der Waals surface area contributed by atoms with Crippen molar-refractivity contribution in [3.05, 3.63) is 59.7 Å². The van der Waals surface area contributed by atoms with Crippen LogP contribution in [0.15, 0.2) is 48.5 Å². The number of benzene rings is 2. The largest absolute Gasteiger partial charge is 0.490 e. The van der Waals surface area contributed by atoms with Gasteiger partial charge in [0.25, 0.3) is 0 Å². The van der Waals surface area contributed by atoms with Crippen molar-refractivity contribution < 1.29 is 22.6 Å². The molecule has 0 fully saturated rings. The third-order valence-corrected chi connectivity index (χ3v) is 3.61. The fraction of sp³-hybridized carbons (Fsp3) is 0.368. The number of ether oxygens (including phenoxy) is 2. The van der Waals surface area contributed by atoms with Crippen molar-refractivity contribution in [1.82, 2.24) is 5.32 Å². The van der Waals surface area contributed by atoms with Crippen molar-refractivity contribution >= 4 is 0 Å². The van der Waals surface area contributed by atoms with Gasteiger partial charge in [0.2, 0.25) is 0 Å². The van der Waals surface area contributed by atoms with E-state index in [2.05, 4.69) is 12.2 Å². The molecule has 0 aliphatic heterocycles. The number of rotatable bonds is 8. The minimum atomic E-state index is -4.38. The highest BCUT2D eigenvalue weighted by Crippen LogP contribution is 2.30. The molecule has 2 aromatic carbocycles. The lowest BCUT2D eigenvalue weighted by molar-refractivity contribution is -0.153. The van der Waals surface area contributed by atoms with Crippen LogP contribution >= 0.6 is 0 Å². The van der Waals surface area contributed by atoms with Gasteiger partial charge in [-0.1, -0.05) is 36.4 Å². The number of halogens is 3. The average Bonchev–Trinajstić information content (AvgIpc) is 2.59. The molecule has 3 nitrogen and oxygen atoms in total. The van der Waals surface area contributed by atoms with Gasteiger partial charge >= 0.3 is 6.18 Å². The highest BCUT2D eigenvalue weighted by molar-refractivity contribution is 5.43. The van der Waals surface area contributed by atoms with Gasteiger partial charge in [0.1, 0.15) is 0 Å². The van der Waals surface area contributed by atoms with Crippen LogP contribution in [0.4, 0.5) is 13.2 Å². The molecule has 1 unspecified atom stereocenters. The second kappa shape index (κ2) is 8.76. The third-order valence-electron chi connectivity index (χ3n) is 3.61. The summed E-state index contributed by atoms with van der Waals surface area (Å²) in [6, 6.07) is 15.1. The summed E-state index contributed by atoms with van der Waals surface area (Å²) in [7, 11) is 0. The molecule has 2 aromatic rings. The Balaban J connectivity index is 2.02. The van der Waals surface area contributed by atoms with Crippen LogP contribution in [0.2, 0.25) is 0 Å². The molecule has 1 N–H and O–H groups in total. The van der Waals surface area contributed by atoms with Crippen molar-refractivity contribution in [3.8, 4) is 11.5 Å². The zero-order valence-corrected chi connectivity index (χ0v) is 14.3. The second-order valence-corrected chi connectivity index (χ2v) is 5.63. The van der Waals surface area contributed by atoms with Crippen LogP contribution in [0.5, 0.6) is 11.5 Å². The predicted octanol–water partition coefficient (Wildman–Crippen LogP) is 4.88. The molecule has 136 valence electrons. The van der Waals surface area contributed by atoms with E-state index in [-0.39, 0.29) is 11.8 Å². The van der Waals surface area contributed by atoms with E-state index >= 15 is 0 Å².